The number of rotatable bonds is 3. The molecule has 0 amide bonds. The Morgan fingerprint density at radius 3 is 2.78 bits per heavy atom. The lowest BCUT2D eigenvalue weighted by molar-refractivity contribution is -0.183. The molecule has 32 heavy (non-hydrogen) atoms. The molecule has 4 aliphatic carbocycles. The molecule has 3 saturated carbocycles. The van der Waals surface area contributed by atoms with Gasteiger partial charge in [-0.25, -0.2) is 0 Å². The molecule has 0 radical (unpaired) electrons. The average Bonchev–Trinajstić information content (AvgIpc) is 3.25. The third-order valence-corrected chi connectivity index (χ3v) is 10.1. The van der Waals surface area contributed by atoms with Gasteiger partial charge in [-0.15, -0.1) is 11.6 Å². The molecule has 8 heteroatoms. The highest BCUT2D eigenvalue weighted by Crippen LogP contribution is 2.72. The predicted molar refractivity (Wildman–Crippen MR) is 114 cm³/mol. The van der Waals surface area contributed by atoms with E-state index < -0.39 is 39.5 Å². The van der Waals surface area contributed by atoms with Crippen LogP contribution in [0.2, 0.25) is 0 Å². The fourth-order valence-electron chi connectivity index (χ4n) is 7.69. The van der Waals surface area contributed by atoms with Crippen LogP contribution >= 0.6 is 11.6 Å². The van der Waals surface area contributed by atoms with Crippen molar-refractivity contribution in [3.63, 3.8) is 0 Å². The van der Waals surface area contributed by atoms with Gasteiger partial charge in [-0.1, -0.05) is 25.5 Å². The van der Waals surface area contributed by atoms with Crippen molar-refractivity contribution in [1.82, 2.24) is 0 Å². The summed E-state index contributed by atoms with van der Waals surface area (Å²) >= 11 is 7.41. The number of ketones is 2. The van der Waals surface area contributed by atoms with Gasteiger partial charge in [0.25, 0.3) is 0 Å². The third-order valence-electron chi connectivity index (χ3n) is 9.18. The maximum absolute atomic E-state index is 13.4. The number of carbonyl (C=O) groups is 3. The molecule has 1 saturated heterocycles. The maximum Gasteiger partial charge on any atom is 0.303 e. The Labute approximate surface area is 192 Å². The second-order valence-corrected chi connectivity index (χ2v) is 11.0. The maximum atomic E-state index is 13.4. The summed E-state index contributed by atoms with van der Waals surface area (Å²) in [4.78, 5) is 35.8. The lowest BCUT2D eigenvalue weighted by Crippen LogP contribution is -2.69. The highest BCUT2D eigenvalue weighted by atomic mass is 35.5. The first kappa shape index (κ1) is 22.3. The quantitative estimate of drug-likeness (QED) is 0.506. The number of alkyl halides is 1. The standard InChI is InChI=1S/C24H29ClO7/c1-13(26)30-11-19(29)24-20(31-12-32-24)9-17-16-5-4-14-8-15(27)6-7-21(14,2)23(16,25)18(28)10-22(17,24)3/h6-8,16-18,20,28H,4-5,9-12H2,1-3H3/t16-,17-,18-,20+,21-,22-,23-,24+/m0/s1. The molecule has 0 aromatic rings. The molecule has 0 aromatic carbocycles. The second kappa shape index (κ2) is 6.98. The minimum atomic E-state index is -1.29. The van der Waals surface area contributed by atoms with Crippen LogP contribution in [0.15, 0.2) is 23.8 Å². The summed E-state index contributed by atoms with van der Waals surface area (Å²) in [6, 6.07) is 0. The molecule has 0 aromatic heterocycles. The smallest absolute Gasteiger partial charge is 0.303 e. The van der Waals surface area contributed by atoms with Crippen LogP contribution in [-0.2, 0) is 28.6 Å². The molecular weight excluding hydrogens is 436 g/mol. The number of esters is 1. The Morgan fingerprint density at radius 2 is 2.06 bits per heavy atom. The molecule has 1 N–H and O–H groups in total. The zero-order valence-electron chi connectivity index (χ0n) is 18.6. The molecule has 0 spiro atoms. The highest BCUT2D eigenvalue weighted by Gasteiger charge is 2.77. The van der Waals surface area contributed by atoms with Crippen LogP contribution in [0.5, 0.6) is 0 Å². The molecule has 4 fully saturated rings. The van der Waals surface area contributed by atoms with Crippen LogP contribution in [0.1, 0.15) is 46.5 Å². The second-order valence-electron chi connectivity index (χ2n) is 10.4. The van der Waals surface area contributed by atoms with Gasteiger partial charge in [0, 0.05) is 17.8 Å². The first-order valence-electron chi connectivity index (χ1n) is 11.2. The van der Waals surface area contributed by atoms with Crippen molar-refractivity contribution in [3.05, 3.63) is 23.8 Å². The number of hydrogen-bond donors (Lipinski definition) is 1. The van der Waals surface area contributed by atoms with E-state index in [0.29, 0.717) is 19.3 Å². The highest BCUT2D eigenvalue weighted by molar-refractivity contribution is 6.26. The predicted octanol–water partition coefficient (Wildman–Crippen LogP) is 2.48. The van der Waals surface area contributed by atoms with E-state index in [9.17, 15) is 19.5 Å². The zero-order chi connectivity index (χ0) is 23.1. The lowest BCUT2D eigenvalue weighted by atomic mass is 9.45. The Kier molecular flexibility index (Phi) is 4.86. The molecule has 7 nitrogen and oxygen atoms in total. The van der Waals surface area contributed by atoms with Gasteiger partial charge in [-0.05, 0) is 49.7 Å². The molecule has 174 valence electrons. The van der Waals surface area contributed by atoms with Crippen LogP contribution in [-0.4, -0.2) is 58.7 Å². The summed E-state index contributed by atoms with van der Waals surface area (Å²) in [5, 5.41) is 11.6. The molecule has 5 rings (SSSR count). The Hall–Kier alpha value is -1.54. The van der Waals surface area contributed by atoms with Gasteiger partial charge >= 0.3 is 5.97 Å². The van der Waals surface area contributed by atoms with Crippen LogP contribution in [0.3, 0.4) is 0 Å². The number of Topliss-reactive ketones (excluding diaryl/α,β-unsaturated/α-hetero) is 1. The summed E-state index contributed by atoms with van der Waals surface area (Å²) in [5.41, 5.74) is -1.74. The van der Waals surface area contributed by atoms with Crippen molar-refractivity contribution in [1.29, 1.82) is 0 Å². The van der Waals surface area contributed by atoms with Gasteiger partial charge in [0.05, 0.1) is 17.1 Å². The average molecular weight is 465 g/mol. The number of fused-ring (bicyclic) bond motifs is 7. The van der Waals surface area contributed by atoms with E-state index in [1.54, 1.807) is 6.08 Å². The summed E-state index contributed by atoms with van der Waals surface area (Å²) in [5.74, 6) is -1.08. The molecule has 1 aliphatic heterocycles. The summed E-state index contributed by atoms with van der Waals surface area (Å²) < 4.78 is 17.0. The van der Waals surface area contributed by atoms with Crippen LogP contribution < -0.4 is 0 Å². The fourth-order valence-corrected chi connectivity index (χ4v) is 8.21. The molecule has 0 unspecified atom stereocenters. The number of halogens is 1. The van der Waals surface area contributed by atoms with E-state index in [0.717, 1.165) is 5.57 Å². The Morgan fingerprint density at radius 1 is 1.31 bits per heavy atom. The lowest BCUT2D eigenvalue weighted by Gasteiger charge is -2.63. The Bertz CT molecular complexity index is 958. The molecule has 8 atom stereocenters. The molecule has 0 bridgehead atoms. The van der Waals surface area contributed by atoms with Crippen molar-refractivity contribution in [3.8, 4) is 0 Å². The monoisotopic (exact) mass is 464 g/mol. The SMILES string of the molecule is CC(=O)OCC(=O)[C@@]12OCO[C@@H]1C[C@H]1[C@@H]3CCC4=CC(=O)C=C[C@]4(C)[C@@]3(Cl)[C@@H](O)C[C@@]12C. The fraction of sp³-hybridized carbons (Fsp3) is 0.708. The number of aliphatic hydroxyl groups excluding tert-OH is 1. The number of carbonyl (C=O) groups excluding carboxylic acids is 3. The van der Waals surface area contributed by atoms with Crippen LogP contribution in [0.25, 0.3) is 0 Å². The zero-order valence-corrected chi connectivity index (χ0v) is 19.3. The van der Waals surface area contributed by atoms with Crippen molar-refractivity contribution >= 4 is 29.1 Å². The third kappa shape index (κ3) is 2.51. The first-order chi connectivity index (χ1) is 15.0. The van der Waals surface area contributed by atoms with Gasteiger partial charge < -0.3 is 19.3 Å². The van der Waals surface area contributed by atoms with Crippen LogP contribution in [0, 0.1) is 22.7 Å². The Balaban J connectivity index is 1.57. The summed E-state index contributed by atoms with van der Waals surface area (Å²) in [7, 11) is 0. The molecule has 5 aliphatic rings. The van der Waals surface area contributed by atoms with Crippen molar-refractivity contribution < 1.29 is 33.7 Å². The van der Waals surface area contributed by atoms with E-state index >= 15 is 0 Å². The van der Waals surface area contributed by atoms with Gasteiger partial charge in [0.15, 0.2) is 18.0 Å². The minimum Gasteiger partial charge on any atom is -0.458 e. The van der Waals surface area contributed by atoms with Crippen molar-refractivity contribution in [2.75, 3.05) is 13.4 Å². The number of allylic oxidation sites excluding steroid dienone is 4. The summed E-state index contributed by atoms with van der Waals surface area (Å²) in [6.45, 7) is 4.83. The van der Waals surface area contributed by atoms with E-state index in [4.69, 9.17) is 25.8 Å². The normalized spacial score (nSPS) is 48.9. The van der Waals surface area contributed by atoms with Crippen molar-refractivity contribution in [2.24, 2.45) is 22.7 Å². The minimum absolute atomic E-state index is 0.0129. The van der Waals surface area contributed by atoms with E-state index in [2.05, 4.69) is 0 Å². The number of hydrogen-bond acceptors (Lipinski definition) is 7. The molecular formula is C24H29ClO7. The number of aliphatic hydroxyl groups is 1. The van der Waals surface area contributed by atoms with Gasteiger partial charge in [0.1, 0.15) is 6.79 Å². The van der Waals surface area contributed by atoms with Crippen LogP contribution in [0.4, 0.5) is 0 Å². The van der Waals surface area contributed by atoms with Crippen molar-refractivity contribution in [2.45, 2.75) is 69.1 Å². The van der Waals surface area contributed by atoms with Gasteiger partial charge in [-0.3, -0.25) is 14.4 Å². The van der Waals surface area contributed by atoms with E-state index in [-0.39, 0.29) is 43.2 Å². The van der Waals surface area contributed by atoms with E-state index in [1.807, 2.05) is 19.9 Å². The largest absolute Gasteiger partial charge is 0.458 e. The number of ether oxygens (including phenoxy) is 3. The topological polar surface area (TPSA) is 99.1 Å². The first-order valence-corrected chi connectivity index (χ1v) is 11.6. The molecule has 1 heterocycles. The van der Waals surface area contributed by atoms with Gasteiger partial charge in [0.2, 0.25) is 5.78 Å². The van der Waals surface area contributed by atoms with Gasteiger partial charge in [-0.2, -0.15) is 0 Å². The summed E-state index contributed by atoms with van der Waals surface area (Å²) in [6.07, 6.45) is 5.83. The van der Waals surface area contributed by atoms with E-state index in [1.165, 1.54) is 13.0 Å².